The van der Waals surface area contributed by atoms with E-state index in [1.54, 1.807) is 0 Å². The summed E-state index contributed by atoms with van der Waals surface area (Å²) in [4.78, 5) is 15.7. The Kier molecular flexibility index (Phi) is 6.67. The van der Waals surface area contributed by atoms with Crippen LogP contribution in [-0.4, -0.2) is 48.7 Å². The first-order valence-electron chi connectivity index (χ1n) is 10.9. The van der Waals surface area contributed by atoms with Gasteiger partial charge in [0.15, 0.2) is 5.96 Å². The van der Waals surface area contributed by atoms with Gasteiger partial charge in [0, 0.05) is 50.7 Å². The molecule has 0 radical (unpaired) electrons. The van der Waals surface area contributed by atoms with Gasteiger partial charge in [-0.05, 0) is 62.3 Å². The molecule has 3 heterocycles. The Balaban J connectivity index is 1.23. The summed E-state index contributed by atoms with van der Waals surface area (Å²) >= 11 is 0. The summed E-state index contributed by atoms with van der Waals surface area (Å²) in [5, 5.41) is 6.98. The predicted molar refractivity (Wildman–Crippen MR) is 120 cm³/mol. The fourth-order valence-electron chi connectivity index (χ4n) is 3.66. The van der Waals surface area contributed by atoms with Gasteiger partial charge in [-0.25, -0.2) is 9.97 Å². The van der Waals surface area contributed by atoms with Gasteiger partial charge in [0.05, 0.1) is 6.61 Å². The molecule has 2 fully saturated rings. The highest BCUT2D eigenvalue weighted by Crippen LogP contribution is 2.29. The minimum absolute atomic E-state index is 0.409. The molecule has 1 aliphatic carbocycles. The first-order chi connectivity index (χ1) is 14.7. The second kappa shape index (κ2) is 9.78. The number of nitrogens with zero attached hydrogens (tertiary/aromatic N) is 4. The smallest absolute Gasteiger partial charge is 0.213 e. The van der Waals surface area contributed by atoms with Crippen LogP contribution < -0.4 is 20.3 Å². The molecular weight excluding hydrogens is 376 g/mol. The number of anilines is 1. The van der Waals surface area contributed by atoms with E-state index in [1.807, 2.05) is 38.4 Å². The highest BCUT2D eigenvalue weighted by atomic mass is 16.5. The minimum atomic E-state index is 0.409. The molecule has 1 saturated carbocycles. The van der Waals surface area contributed by atoms with E-state index in [9.17, 15) is 0 Å². The number of rotatable bonds is 7. The van der Waals surface area contributed by atoms with Crippen molar-refractivity contribution < 1.29 is 4.74 Å². The summed E-state index contributed by atoms with van der Waals surface area (Å²) < 4.78 is 5.78. The third-order valence-corrected chi connectivity index (χ3v) is 5.68. The van der Waals surface area contributed by atoms with Gasteiger partial charge >= 0.3 is 0 Å². The van der Waals surface area contributed by atoms with E-state index in [1.165, 1.54) is 12.8 Å². The molecule has 0 spiro atoms. The number of hydrogen-bond donors (Lipinski definition) is 2. The molecule has 7 nitrogen and oxygen atoms in total. The third kappa shape index (κ3) is 5.84. The molecule has 0 unspecified atom stereocenters. The number of guanidine groups is 1. The molecule has 7 heteroatoms. The number of pyridine rings is 2. The van der Waals surface area contributed by atoms with E-state index in [0.717, 1.165) is 61.5 Å². The Morgan fingerprint density at radius 1 is 1.20 bits per heavy atom. The number of piperidine rings is 1. The largest absolute Gasteiger partial charge is 0.477 e. The topological polar surface area (TPSA) is 74.7 Å². The molecule has 160 valence electrons. The van der Waals surface area contributed by atoms with Crippen molar-refractivity contribution in [2.24, 2.45) is 10.9 Å². The van der Waals surface area contributed by atoms with Crippen molar-refractivity contribution in [3.8, 4) is 5.88 Å². The number of aliphatic imine (C=N–C) groups is 1. The second-order valence-electron chi connectivity index (χ2n) is 8.23. The van der Waals surface area contributed by atoms with Gasteiger partial charge in [0.2, 0.25) is 5.88 Å². The van der Waals surface area contributed by atoms with Crippen LogP contribution in [0.4, 0.5) is 5.82 Å². The van der Waals surface area contributed by atoms with Gasteiger partial charge in [-0.3, -0.25) is 4.99 Å². The molecule has 2 N–H and O–H groups in total. The van der Waals surface area contributed by atoms with Gasteiger partial charge in [-0.15, -0.1) is 0 Å². The van der Waals surface area contributed by atoms with Crippen molar-refractivity contribution in [1.82, 2.24) is 20.6 Å². The summed E-state index contributed by atoms with van der Waals surface area (Å²) in [5.41, 5.74) is 2.20. The van der Waals surface area contributed by atoms with Gasteiger partial charge in [0.1, 0.15) is 5.82 Å². The van der Waals surface area contributed by atoms with Crippen LogP contribution in [0, 0.1) is 12.8 Å². The lowest BCUT2D eigenvalue weighted by Gasteiger charge is -2.34. The Hall–Kier alpha value is -2.83. The van der Waals surface area contributed by atoms with Crippen LogP contribution in [0.15, 0.2) is 41.5 Å². The zero-order valence-corrected chi connectivity index (χ0v) is 18.0. The normalized spacial score (nSPS) is 17.7. The maximum Gasteiger partial charge on any atom is 0.213 e. The van der Waals surface area contributed by atoms with Gasteiger partial charge in [-0.2, -0.15) is 0 Å². The van der Waals surface area contributed by atoms with Crippen molar-refractivity contribution in [2.75, 3.05) is 31.6 Å². The van der Waals surface area contributed by atoms with Crippen molar-refractivity contribution in [3.05, 3.63) is 47.8 Å². The van der Waals surface area contributed by atoms with Crippen LogP contribution in [0.2, 0.25) is 0 Å². The first kappa shape index (κ1) is 20.4. The molecule has 0 atom stereocenters. The Labute approximate surface area is 179 Å². The standard InChI is InChI=1S/C23H32N6O/c1-17-4-3-5-21(27-17)29-12-9-20(10-13-29)28-23(24-2)26-15-19-8-11-25-22(14-19)30-16-18-6-7-18/h3-5,8,11,14,18,20H,6-7,9-10,12-13,15-16H2,1-2H3,(H2,24,26,28). The SMILES string of the molecule is CN=C(NCc1ccnc(OCC2CC2)c1)NC1CCN(c2cccc(C)n2)CC1. The summed E-state index contributed by atoms with van der Waals surface area (Å²) in [6.07, 6.45) is 6.49. The molecule has 4 rings (SSSR count). The maximum absolute atomic E-state index is 5.78. The van der Waals surface area contributed by atoms with E-state index >= 15 is 0 Å². The molecule has 2 aliphatic rings. The number of aromatic nitrogens is 2. The lowest BCUT2D eigenvalue weighted by molar-refractivity contribution is 0.288. The van der Waals surface area contributed by atoms with E-state index < -0.39 is 0 Å². The number of ether oxygens (including phenoxy) is 1. The maximum atomic E-state index is 5.78. The van der Waals surface area contributed by atoms with Crippen LogP contribution in [0.5, 0.6) is 5.88 Å². The monoisotopic (exact) mass is 408 g/mol. The number of nitrogens with one attached hydrogen (secondary N) is 2. The summed E-state index contributed by atoms with van der Waals surface area (Å²) in [5.74, 6) is 3.35. The average molecular weight is 409 g/mol. The predicted octanol–water partition coefficient (Wildman–Crippen LogP) is 2.91. The van der Waals surface area contributed by atoms with Crippen LogP contribution in [0.1, 0.15) is 36.9 Å². The Morgan fingerprint density at radius 3 is 2.77 bits per heavy atom. The fourth-order valence-corrected chi connectivity index (χ4v) is 3.66. The van der Waals surface area contributed by atoms with Crippen LogP contribution in [-0.2, 0) is 6.54 Å². The molecule has 2 aromatic heterocycles. The molecule has 30 heavy (non-hydrogen) atoms. The van der Waals surface area contributed by atoms with Crippen molar-refractivity contribution in [3.63, 3.8) is 0 Å². The Bertz CT molecular complexity index is 858. The third-order valence-electron chi connectivity index (χ3n) is 5.68. The lowest BCUT2D eigenvalue weighted by atomic mass is 10.1. The van der Waals surface area contributed by atoms with E-state index in [0.29, 0.717) is 18.5 Å². The van der Waals surface area contributed by atoms with E-state index in [4.69, 9.17) is 4.74 Å². The van der Waals surface area contributed by atoms with Gasteiger partial charge in [0.25, 0.3) is 0 Å². The summed E-state index contributed by atoms with van der Waals surface area (Å²) in [6, 6.07) is 10.6. The summed E-state index contributed by atoms with van der Waals surface area (Å²) in [7, 11) is 1.82. The molecule has 0 bridgehead atoms. The van der Waals surface area contributed by atoms with Gasteiger partial charge in [-0.1, -0.05) is 6.07 Å². The first-order valence-corrected chi connectivity index (χ1v) is 10.9. The zero-order valence-electron chi connectivity index (χ0n) is 18.0. The molecule has 0 amide bonds. The van der Waals surface area contributed by atoms with E-state index in [2.05, 4.69) is 42.6 Å². The van der Waals surface area contributed by atoms with Gasteiger partial charge < -0.3 is 20.3 Å². The lowest BCUT2D eigenvalue weighted by Crippen LogP contribution is -2.48. The average Bonchev–Trinajstić information content (AvgIpc) is 3.60. The van der Waals surface area contributed by atoms with Crippen LogP contribution >= 0.6 is 0 Å². The molecule has 1 aliphatic heterocycles. The molecular formula is C23H32N6O. The molecule has 0 aromatic carbocycles. The Morgan fingerprint density at radius 2 is 2.03 bits per heavy atom. The van der Waals surface area contributed by atoms with Crippen molar-refractivity contribution >= 4 is 11.8 Å². The molecule has 2 aromatic rings. The van der Waals surface area contributed by atoms with Crippen molar-refractivity contribution in [1.29, 1.82) is 0 Å². The second-order valence-corrected chi connectivity index (χ2v) is 8.23. The summed E-state index contributed by atoms with van der Waals surface area (Å²) in [6.45, 7) is 5.50. The quantitative estimate of drug-likeness (QED) is 0.542. The number of aryl methyl sites for hydroxylation is 1. The molecule has 1 saturated heterocycles. The highest BCUT2D eigenvalue weighted by molar-refractivity contribution is 5.80. The fraction of sp³-hybridized carbons (Fsp3) is 0.522. The van der Waals surface area contributed by atoms with Crippen LogP contribution in [0.3, 0.4) is 0 Å². The zero-order chi connectivity index (χ0) is 20.8. The minimum Gasteiger partial charge on any atom is -0.477 e. The number of hydrogen-bond acceptors (Lipinski definition) is 5. The highest BCUT2D eigenvalue weighted by Gasteiger charge is 2.22. The van der Waals surface area contributed by atoms with Crippen LogP contribution in [0.25, 0.3) is 0 Å². The van der Waals surface area contributed by atoms with Crippen molar-refractivity contribution in [2.45, 2.75) is 45.2 Å². The van der Waals surface area contributed by atoms with E-state index in [-0.39, 0.29) is 0 Å².